The van der Waals surface area contributed by atoms with E-state index < -0.39 is 17.8 Å². The molecule has 2 aliphatic rings. The number of benzene rings is 1. The minimum absolute atomic E-state index is 0.0574. The van der Waals surface area contributed by atoms with Crippen molar-refractivity contribution >= 4 is 5.91 Å². The van der Waals surface area contributed by atoms with Gasteiger partial charge in [0.1, 0.15) is 0 Å². The summed E-state index contributed by atoms with van der Waals surface area (Å²) in [4.78, 5) is 16.2. The van der Waals surface area contributed by atoms with Crippen LogP contribution in [0.4, 0.5) is 13.2 Å². The molecule has 0 radical (unpaired) electrons. The summed E-state index contributed by atoms with van der Waals surface area (Å²) >= 11 is 0. The standard InChI is InChI=1S/C17H21F3N2O2/c18-17(19,20)13-5-3-4-12(8-13)9-16(24)22-10-14(15(23)11-22)21-6-1-2-7-21/h3-5,8,14-15,23H,1-2,6-7,9-11H2/t14-,15-/m1/s1. The smallest absolute Gasteiger partial charge is 0.390 e. The molecule has 4 nitrogen and oxygen atoms in total. The lowest BCUT2D eigenvalue weighted by Crippen LogP contribution is -2.41. The number of carbonyl (C=O) groups excluding carboxylic acids is 1. The third-order valence-corrected chi connectivity index (χ3v) is 4.83. The molecule has 0 spiro atoms. The first-order valence-electron chi connectivity index (χ1n) is 8.20. The Kier molecular flexibility index (Phi) is 4.83. The number of hydrogen-bond donors (Lipinski definition) is 1. The lowest BCUT2D eigenvalue weighted by Gasteiger charge is -2.25. The topological polar surface area (TPSA) is 43.8 Å². The second kappa shape index (κ2) is 6.72. The van der Waals surface area contributed by atoms with Crippen molar-refractivity contribution in [2.75, 3.05) is 26.2 Å². The second-order valence-electron chi connectivity index (χ2n) is 6.55. The number of nitrogens with zero attached hydrogens (tertiary/aromatic N) is 2. The van der Waals surface area contributed by atoms with Crippen molar-refractivity contribution in [3.63, 3.8) is 0 Å². The minimum atomic E-state index is -4.41. The molecule has 7 heteroatoms. The summed E-state index contributed by atoms with van der Waals surface area (Å²) < 4.78 is 38.2. The van der Waals surface area contributed by atoms with E-state index >= 15 is 0 Å². The molecule has 2 atom stereocenters. The number of alkyl halides is 3. The predicted molar refractivity (Wildman–Crippen MR) is 82.3 cm³/mol. The Morgan fingerprint density at radius 1 is 1.21 bits per heavy atom. The highest BCUT2D eigenvalue weighted by Gasteiger charge is 2.38. The lowest BCUT2D eigenvalue weighted by atomic mass is 10.1. The zero-order valence-corrected chi connectivity index (χ0v) is 13.3. The predicted octanol–water partition coefficient (Wildman–Crippen LogP) is 1.92. The van der Waals surface area contributed by atoms with Crippen LogP contribution in [0.2, 0.25) is 0 Å². The zero-order chi connectivity index (χ0) is 17.3. The fourth-order valence-corrected chi connectivity index (χ4v) is 3.55. The molecule has 1 aromatic rings. The molecule has 2 saturated heterocycles. The maximum atomic E-state index is 12.7. The number of likely N-dealkylation sites (tertiary alicyclic amines) is 2. The Morgan fingerprint density at radius 3 is 2.58 bits per heavy atom. The van der Waals surface area contributed by atoms with Gasteiger partial charge in [0.25, 0.3) is 0 Å². The molecule has 3 rings (SSSR count). The van der Waals surface area contributed by atoms with E-state index in [-0.39, 0.29) is 24.9 Å². The molecule has 2 fully saturated rings. The molecule has 0 saturated carbocycles. The molecule has 0 unspecified atom stereocenters. The van der Waals surface area contributed by atoms with E-state index in [0.29, 0.717) is 12.1 Å². The van der Waals surface area contributed by atoms with Gasteiger partial charge in [-0.2, -0.15) is 13.2 Å². The molecule has 0 aliphatic carbocycles. The van der Waals surface area contributed by atoms with Crippen LogP contribution in [0.25, 0.3) is 0 Å². The lowest BCUT2D eigenvalue weighted by molar-refractivity contribution is -0.138. The summed E-state index contributed by atoms with van der Waals surface area (Å²) in [7, 11) is 0. The van der Waals surface area contributed by atoms with Crippen LogP contribution in [0.5, 0.6) is 0 Å². The first-order chi connectivity index (χ1) is 11.3. The number of aliphatic hydroxyl groups excluding tert-OH is 1. The maximum Gasteiger partial charge on any atom is 0.416 e. The van der Waals surface area contributed by atoms with Crippen molar-refractivity contribution in [2.24, 2.45) is 0 Å². The van der Waals surface area contributed by atoms with E-state index in [1.165, 1.54) is 12.1 Å². The highest BCUT2D eigenvalue weighted by atomic mass is 19.4. The van der Waals surface area contributed by atoms with Crippen LogP contribution in [0.3, 0.4) is 0 Å². The monoisotopic (exact) mass is 342 g/mol. The normalized spacial score (nSPS) is 25.4. The number of carbonyl (C=O) groups is 1. The third-order valence-electron chi connectivity index (χ3n) is 4.83. The molecule has 1 amide bonds. The quantitative estimate of drug-likeness (QED) is 0.913. The molecule has 24 heavy (non-hydrogen) atoms. The van der Waals surface area contributed by atoms with Gasteiger partial charge in [-0.1, -0.05) is 18.2 Å². The van der Waals surface area contributed by atoms with Gasteiger partial charge >= 0.3 is 6.18 Å². The van der Waals surface area contributed by atoms with Gasteiger partial charge in [-0.3, -0.25) is 9.69 Å². The summed E-state index contributed by atoms with van der Waals surface area (Å²) in [5.41, 5.74) is -0.405. The molecule has 132 valence electrons. The molecular formula is C17H21F3N2O2. The summed E-state index contributed by atoms with van der Waals surface area (Å²) in [5.74, 6) is -0.241. The highest BCUT2D eigenvalue weighted by molar-refractivity contribution is 5.79. The van der Waals surface area contributed by atoms with Crippen molar-refractivity contribution in [1.82, 2.24) is 9.80 Å². The molecule has 0 bridgehead atoms. The van der Waals surface area contributed by atoms with Gasteiger partial charge in [-0.05, 0) is 37.6 Å². The average molecular weight is 342 g/mol. The van der Waals surface area contributed by atoms with Crippen LogP contribution >= 0.6 is 0 Å². The molecular weight excluding hydrogens is 321 g/mol. The number of rotatable bonds is 3. The van der Waals surface area contributed by atoms with Gasteiger partial charge in [-0.25, -0.2) is 0 Å². The summed E-state index contributed by atoms with van der Waals surface area (Å²) in [5, 5.41) is 10.2. The van der Waals surface area contributed by atoms with Crippen molar-refractivity contribution in [2.45, 2.75) is 37.6 Å². The van der Waals surface area contributed by atoms with Gasteiger partial charge in [0.15, 0.2) is 0 Å². The highest BCUT2D eigenvalue weighted by Crippen LogP contribution is 2.30. The van der Waals surface area contributed by atoms with Crippen molar-refractivity contribution in [3.05, 3.63) is 35.4 Å². The van der Waals surface area contributed by atoms with Gasteiger partial charge < -0.3 is 10.0 Å². The van der Waals surface area contributed by atoms with Gasteiger partial charge in [0, 0.05) is 13.1 Å². The summed E-state index contributed by atoms with van der Waals surface area (Å²) in [6.45, 7) is 2.55. The number of aliphatic hydroxyl groups is 1. The Labute approximate surface area is 138 Å². The Balaban J connectivity index is 1.63. The molecule has 0 aromatic heterocycles. The van der Waals surface area contributed by atoms with Gasteiger partial charge in [0.05, 0.1) is 24.1 Å². The van der Waals surface area contributed by atoms with Crippen LogP contribution in [0, 0.1) is 0 Å². The Bertz CT molecular complexity index is 600. The fraction of sp³-hybridized carbons (Fsp3) is 0.588. The van der Waals surface area contributed by atoms with Crippen molar-refractivity contribution in [3.8, 4) is 0 Å². The van der Waals surface area contributed by atoms with Crippen LogP contribution in [0.1, 0.15) is 24.0 Å². The van der Waals surface area contributed by atoms with Crippen LogP contribution in [0.15, 0.2) is 24.3 Å². The van der Waals surface area contributed by atoms with E-state index in [2.05, 4.69) is 4.90 Å². The number of hydrogen-bond acceptors (Lipinski definition) is 3. The van der Waals surface area contributed by atoms with E-state index in [9.17, 15) is 23.1 Å². The largest absolute Gasteiger partial charge is 0.416 e. The molecule has 1 aromatic carbocycles. The Morgan fingerprint density at radius 2 is 1.92 bits per heavy atom. The number of amides is 1. The van der Waals surface area contributed by atoms with E-state index in [4.69, 9.17) is 0 Å². The minimum Gasteiger partial charge on any atom is -0.390 e. The summed E-state index contributed by atoms with van der Waals surface area (Å²) in [6, 6.07) is 4.80. The van der Waals surface area contributed by atoms with Crippen LogP contribution < -0.4 is 0 Å². The third kappa shape index (κ3) is 3.72. The Hall–Kier alpha value is -1.60. The number of β-amino-alcohol motifs (C(OH)–C–C–N with tert-alkyl or cyclic N) is 1. The maximum absolute atomic E-state index is 12.7. The molecule has 2 aliphatic heterocycles. The van der Waals surface area contributed by atoms with Crippen molar-refractivity contribution in [1.29, 1.82) is 0 Å². The van der Waals surface area contributed by atoms with Crippen LogP contribution in [-0.2, 0) is 17.4 Å². The SMILES string of the molecule is O=C(Cc1cccc(C(F)(F)F)c1)N1C[C@@H](O)[C@H](N2CCCC2)C1. The van der Waals surface area contributed by atoms with E-state index in [0.717, 1.165) is 38.1 Å². The number of halogens is 3. The van der Waals surface area contributed by atoms with Gasteiger partial charge in [0.2, 0.25) is 5.91 Å². The second-order valence-corrected chi connectivity index (χ2v) is 6.55. The fourth-order valence-electron chi connectivity index (χ4n) is 3.55. The molecule has 1 N–H and O–H groups in total. The van der Waals surface area contributed by atoms with E-state index in [1.54, 1.807) is 4.90 Å². The first kappa shape index (κ1) is 17.2. The summed E-state index contributed by atoms with van der Waals surface area (Å²) in [6.07, 6.45) is -2.89. The van der Waals surface area contributed by atoms with Crippen molar-refractivity contribution < 1.29 is 23.1 Å². The van der Waals surface area contributed by atoms with E-state index in [1.807, 2.05) is 0 Å². The first-order valence-corrected chi connectivity index (χ1v) is 8.20. The zero-order valence-electron chi connectivity index (χ0n) is 13.3. The van der Waals surface area contributed by atoms with Gasteiger partial charge in [-0.15, -0.1) is 0 Å². The molecule has 2 heterocycles. The average Bonchev–Trinajstić information content (AvgIpc) is 3.15. The van der Waals surface area contributed by atoms with Crippen LogP contribution in [-0.4, -0.2) is 59.1 Å².